The van der Waals surface area contributed by atoms with Crippen molar-refractivity contribution in [2.75, 3.05) is 0 Å². The van der Waals surface area contributed by atoms with Gasteiger partial charge in [-0.2, -0.15) is 0 Å². The van der Waals surface area contributed by atoms with Gasteiger partial charge >= 0.3 is 0 Å². The maximum atomic E-state index is 1.39. The zero-order valence-corrected chi connectivity index (χ0v) is 10.5. The standard InChI is InChI=1S/Si7/c1-2-4-6-7-5-3-1. The fourth-order valence-electron chi connectivity index (χ4n) is 0.219. The first-order chi connectivity index (χ1) is 3.50. The maximum absolute atomic E-state index is 1.39. The van der Waals surface area contributed by atoms with E-state index in [9.17, 15) is 0 Å². The minimum atomic E-state index is 1.39. The van der Waals surface area contributed by atoms with Gasteiger partial charge in [0.15, 0.2) is 0 Å². The number of hydrogen-bond donors (Lipinski definition) is 0. The summed E-state index contributed by atoms with van der Waals surface area (Å²) in [5.41, 5.74) is 0. The van der Waals surface area contributed by atoms with E-state index in [4.69, 9.17) is 0 Å². The largest absolute Gasteiger partial charge is 0 e. The molecule has 1 saturated heterocycles. The molecule has 0 bridgehead atoms. The first kappa shape index (κ1) is 6.64. The van der Waals surface area contributed by atoms with Gasteiger partial charge in [-0.1, -0.05) is 0 Å². The molecule has 0 unspecified atom stereocenters. The van der Waals surface area contributed by atoms with Crippen LogP contribution in [0.1, 0.15) is 0 Å². The Morgan fingerprint density at radius 3 is 0.571 bits per heavy atom. The Bertz CT molecular complexity index is 19.7. The molecule has 0 nitrogen and oxygen atoms in total. The van der Waals surface area contributed by atoms with E-state index in [1.165, 1.54) is 59.9 Å². The molecule has 0 aromatic rings. The van der Waals surface area contributed by atoms with Gasteiger partial charge in [-0.3, -0.25) is 0 Å². The van der Waals surface area contributed by atoms with E-state index in [0.717, 1.165) is 0 Å². The average molecular weight is 197 g/mol. The Hall–Kier alpha value is 1.52. The maximum Gasteiger partial charge on any atom is 0 e. The molecule has 0 atom stereocenters. The molecule has 28 valence electrons. The van der Waals surface area contributed by atoms with E-state index < -0.39 is 0 Å². The molecular weight excluding hydrogens is 197 g/mol. The van der Waals surface area contributed by atoms with E-state index in [-0.39, 0.29) is 0 Å². The fraction of sp³-hybridized carbons (Fsp3) is 0. The molecule has 14 radical (unpaired) electrons. The van der Waals surface area contributed by atoms with Crippen molar-refractivity contribution >= 4 is 59.9 Å². The molecule has 1 heterocycles. The zero-order valence-electron chi connectivity index (χ0n) is 3.50. The van der Waals surface area contributed by atoms with Crippen LogP contribution in [0.25, 0.3) is 0 Å². The average Bonchev–Trinajstić information content (AvgIpc) is 1.90. The Labute approximate surface area is 59.9 Å². The summed E-state index contributed by atoms with van der Waals surface area (Å²) >= 11 is 0. The summed E-state index contributed by atoms with van der Waals surface area (Å²) in [4.78, 5) is 0. The minimum absolute atomic E-state index is 1.39. The first-order valence-corrected chi connectivity index (χ1v) is 15.8. The molecule has 0 aliphatic carbocycles. The van der Waals surface area contributed by atoms with Crippen LogP contribution in [0.4, 0.5) is 0 Å². The second-order valence-electron chi connectivity index (χ2n) is 0.875. The highest BCUT2D eigenvalue weighted by molar-refractivity contribution is 7.76. The zero-order chi connectivity index (χ0) is 4.95. The number of hydrogen-bond acceptors (Lipinski definition) is 0. The van der Waals surface area contributed by atoms with Crippen molar-refractivity contribution in [2.45, 2.75) is 0 Å². The molecule has 1 aliphatic rings. The van der Waals surface area contributed by atoms with Gasteiger partial charge in [0.25, 0.3) is 0 Å². The highest BCUT2D eigenvalue weighted by atomic mass is 30.1. The van der Waals surface area contributed by atoms with Crippen LogP contribution in [-0.4, -0.2) is 59.9 Å². The van der Waals surface area contributed by atoms with Gasteiger partial charge in [-0.25, -0.2) is 0 Å². The Balaban J connectivity index is 2.04. The van der Waals surface area contributed by atoms with Crippen molar-refractivity contribution in [1.29, 1.82) is 0 Å². The molecule has 7 heavy (non-hydrogen) atoms. The van der Waals surface area contributed by atoms with E-state index in [1.54, 1.807) is 0 Å². The van der Waals surface area contributed by atoms with Crippen molar-refractivity contribution in [3.8, 4) is 0 Å². The van der Waals surface area contributed by atoms with Gasteiger partial charge in [0, 0.05) is 59.9 Å². The third-order valence-corrected chi connectivity index (χ3v) is 35.4. The van der Waals surface area contributed by atoms with Crippen LogP contribution < -0.4 is 0 Å². The van der Waals surface area contributed by atoms with E-state index >= 15 is 0 Å². The van der Waals surface area contributed by atoms with Crippen LogP contribution in [0.2, 0.25) is 0 Å². The third-order valence-electron chi connectivity index (χ3n) is 0.438. The van der Waals surface area contributed by atoms with Crippen molar-refractivity contribution < 1.29 is 0 Å². The smallest absolute Gasteiger partial charge is 0 e. The Morgan fingerprint density at radius 1 is 0.286 bits per heavy atom. The van der Waals surface area contributed by atoms with E-state index in [0.29, 0.717) is 0 Å². The third kappa shape index (κ3) is 3.16. The van der Waals surface area contributed by atoms with Crippen molar-refractivity contribution in [1.82, 2.24) is 0 Å². The highest BCUT2D eigenvalue weighted by Gasteiger charge is 2.00. The van der Waals surface area contributed by atoms with Crippen LogP contribution in [-0.2, 0) is 0 Å². The van der Waals surface area contributed by atoms with Gasteiger partial charge in [-0.05, 0) is 0 Å². The lowest BCUT2D eigenvalue weighted by atomic mass is 26.3. The molecule has 0 aromatic heterocycles. The second kappa shape index (κ2) is 4.40. The predicted molar refractivity (Wildman–Crippen MR) is 40.3 cm³/mol. The summed E-state index contributed by atoms with van der Waals surface area (Å²) in [5, 5.41) is 0. The molecule has 1 rings (SSSR count). The van der Waals surface area contributed by atoms with Crippen molar-refractivity contribution in [3.05, 3.63) is 0 Å². The second-order valence-corrected chi connectivity index (χ2v) is 23.6. The first-order valence-electron chi connectivity index (χ1n) is 1.75. The summed E-state index contributed by atoms with van der Waals surface area (Å²) in [5.74, 6) is 0. The molecule has 1 aliphatic heterocycles. The Kier molecular flexibility index (Phi) is 4.17. The van der Waals surface area contributed by atoms with Crippen molar-refractivity contribution in [2.24, 2.45) is 0 Å². The molecule has 0 saturated carbocycles. The highest BCUT2D eigenvalue weighted by Crippen LogP contribution is 1.62. The van der Waals surface area contributed by atoms with E-state index in [1.807, 2.05) is 0 Å². The SMILES string of the molecule is [Si]1[Si][Si][Si][Si][Si][Si]1. The van der Waals surface area contributed by atoms with Gasteiger partial charge in [-0.15, -0.1) is 0 Å². The molecule has 7 heteroatoms. The van der Waals surface area contributed by atoms with Gasteiger partial charge < -0.3 is 0 Å². The summed E-state index contributed by atoms with van der Waals surface area (Å²) in [6, 6.07) is 0. The van der Waals surface area contributed by atoms with Gasteiger partial charge in [0.1, 0.15) is 0 Å². The molecule has 0 N–H and O–H groups in total. The summed E-state index contributed by atoms with van der Waals surface area (Å²) in [6.45, 7) is 0. The van der Waals surface area contributed by atoms with Gasteiger partial charge in [0.2, 0.25) is 0 Å². The van der Waals surface area contributed by atoms with Crippen LogP contribution in [0, 0.1) is 0 Å². The minimum Gasteiger partial charge on any atom is 0 e. The van der Waals surface area contributed by atoms with Crippen LogP contribution >= 0.6 is 0 Å². The van der Waals surface area contributed by atoms with Crippen LogP contribution in [0.5, 0.6) is 0 Å². The number of rotatable bonds is 0. The molecule has 0 spiro atoms. The molecule has 0 aromatic carbocycles. The van der Waals surface area contributed by atoms with E-state index in [2.05, 4.69) is 0 Å². The topological polar surface area (TPSA) is 0 Å². The summed E-state index contributed by atoms with van der Waals surface area (Å²) < 4.78 is 0. The van der Waals surface area contributed by atoms with Crippen LogP contribution in [0.15, 0.2) is 0 Å². The fourth-order valence-corrected chi connectivity index (χ4v) is 53.2. The normalized spacial score (nSPS) is 24.0. The monoisotopic (exact) mass is 196 g/mol. The lowest BCUT2D eigenvalue weighted by Crippen LogP contribution is -2.18. The predicted octanol–water partition coefficient (Wildman–Crippen LogP) is -2.67. The Morgan fingerprint density at radius 2 is 0.429 bits per heavy atom. The lowest BCUT2D eigenvalue weighted by molar-refractivity contribution is 3.95. The molecular formula is Si7. The summed E-state index contributed by atoms with van der Waals surface area (Å²) in [6.07, 6.45) is 0. The lowest BCUT2D eigenvalue weighted by Gasteiger charge is -1.80. The quantitative estimate of drug-likeness (QED) is 0.371. The summed E-state index contributed by atoms with van der Waals surface area (Å²) in [7, 11) is 9.72. The molecule has 0 amide bonds. The van der Waals surface area contributed by atoms with Crippen LogP contribution in [0.3, 0.4) is 0 Å². The van der Waals surface area contributed by atoms with Gasteiger partial charge in [0.05, 0.1) is 0 Å². The van der Waals surface area contributed by atoms with Crippen molar-refractivity contribution in [3.63, 3.8) is 0 Å². The molecule has 1 fully saturated rings.